The maximum absolute atomic E-state index is 12.8. The number of aromatic nitrogens is 1. The van der Waals surface area contributed by atoms with E-state index in [1.807, 2.05) is 50.9 Å². The number of nitrogens with zero attached hydrogens (tertiary/aromatic N) is 3. The van der Waals surface area contributed by atoms with E-state index in [9.17, 15) is 9.59 Å². The number of rotatable bonds is 3. The number of morpholine rings is 1. The summed E-state index contributed by atoms with van der Waals surface area (Å²) in [5.74, 6) is 0.190. The summed E-state index contributed by atoms with van der Waals surface area (Å²) in [6, 6.07) is 10.1. The summed E-state index contributed by atoms with van der Waals surface area (Å²) in [5.41, 5.74) is 1.07. The van der Waals surface area contributed by atoms with Crippen molar-refractivity contribution in [3.05, 3.63) is 36.5 Å². The fourth-order valence-corrected chi connectivity index (χ4v) is 3.97. The Labute approximate surface area is 153 Å². The number of piperidine rings is 1. The lowest BCUT2D eigenvalue weighted by molar-refractivity contribution is -0.144. The van der Waals surface area contributed by atoms with E-state index in [0.29, 0.717) is 39.4 Å². The van der Waals surface area contributed by atoms with E-state index < -0.39 is 0 Å². The average molecular weight is 355 g/mol. The van der Waals surface area contributed by atoms with Crippen molar-refractivity contribution in [2.75, 3.05) is 39.4 Å². The van der Waals surface area contributed by atoms with Gasteiger partial charge < -0.3 is 19.1 Å². The number of benzene rings is 1. The Hall–Kier alpha value is -2.34. The number of hydrogen-bond donors (Lipinski definition) is 0. The molecule has 0 bridgehead atoms. The highest BCUT2D eigenvalue weighted by atomic mass is 16.5. The van der Waals surface area contributed by atoms with Gasteiger partial charge in [-0.2, -0.15) is 0 Å². The number of carbonyl (C=O) groups excluding carboxylic acids is 2. The lowest BCUT2D eigenvalue weighted by atomic mass is 9.96. The second kappa shape index (κ2) is 7.50. The molecule has 6 heteroatoms. The third-order valence-corrected chi connectivity index (χ3v) is 5.43. The molecule has 2 fully saturated rings. The molecule has 1 aromatic heterocycles. The van der Waals surface area contributed by atoms with Gasteiger partial charge >= 0.3 is 0 Å². The van der Waals surface area contributed by atoms with Gasteiger partial charge in [-0.25, -0.2) is 0 Å². The van der Waals surface area contributed by atoms with Crippen LogP contribution in [0.4, 0.5) is 0 Å². The summed E-state index contributed by atoms with van der Waals surface area (Å²) in [5, 5.41) is 1.14. The molecule has 1 aromatic carbocycles. The van der Waals surface area contributed by atoms with E-state index >= 15 is 0 Å². The topological polar surface area (TPSA) is 54.8 Å². The Morgan fingerprint density at radius 3 is 2.69 bits per heavy atom. The number of carbonyl (C=O) groups is 2. The predicted molar refractivity (Wildman–Crippen MR) is 98.6 cm³/mol. The summed E-state index contributed by atoms with van der Waals surface area (Å²) in [6.07, 6.45) is 3.72. The lowest BCUT2D eigenvalue weighted by Crippen LogP contribution is -2.50. The van der Waals surface area contributed by atoms with Gasteiger partial charge in [0.25, 0.3) is 0 Å². The molecule has 2 saturated heterocycles. The molecule has 0 spiro atoms. The van der Waals surface area contributed by atoms with Crippen LogP contribution < -0.4 is 0 Å². The minimum absolute atomic E-state index is 0.0767. The number of para-hydroxylation sites is 1. The molecule has 3 heterocycles. The van der Waals surface area contributed by atoms with Gasteiger partial charge in [0.2, 0.25) is 11.8 Å². The quantitative estimate of drug-likeness (QED) is 0.843. The summed E-state index contributed by atoms with van der Waals surface area (Å²) >= 11 is 0. The van der Waals surface area contributed by atoms with E-state index in [4.69, 9.17) is 4.74 Å². The molecule has 6 nitrogen and oxygen atoms in total. The molecule has 138 valence electrons. The van der Waals surface area contributed by atoms with Crippen molar-refractivity contribution in [3.8, 4) is 0 Å². The smallest absolute Gasteiger partial charge is 0.242 e. The molecule has 0 N–H and O–H groups in total. The van der Waals surface area contributed by atoms with Crippen molar-refractivity contribution < 1.29 is 14.3 Å². The van der Waals surface area contributed by atoms with Gasteiger partial charge in [0.05, 0.1) is 19.1 Å². The Balaban J connectivity index is 1.40. The molecule has 0 unspecified atom stereocenters. The lowest BCUT2D eigenvalue weighted by Gasteiger charge is -2.36. The zero-order valence-corrected chi connectivity index (χ0v) is 15.0. The highest BCUT2D eigenvalue weighted by Gasteiger charge is 2.31. The second-order valence-corrected chi connectivity index (χ2v) is 7.12. The first-order valence-corrected chi connectivity index (χ1v) is 9.40. The molecule has 2 aromatic rings. The van der Waals surface area contributed by atoms with Crippen LogP contribution in [-0.4, -0.2) is 65.6 Å². The van der Waals surface area contributed by atoms with Crippen LogP contribution in [0.1, 0.15) is 12.8 Å². The largest absolute Gasteiger partial charge is 0.378 e. The van der Waals surface area contributed by atoms with Crippen LogP contribution >= 0.6 is 0 Å². The van der Waals surface area contributed by atoms with Gasteiger partial charge in [-0.3, -0.25) is 9.59 Å². The average Bonchev–Trinajstić information content (AvgIpc) is 3.11. The van der Waals surface area contributed by atoms with Gasteiger partial charge in [-0.15, -0.1) is 0 Å². The molecular formula is C20H25N3O3. The van der Waals surface area contributed by atoms with Gasteiger partial charge in [0, 0.05) is 37.9 Å². The fourth-order valence-electron chi connectivity index (χ4n) is 3.97. The SMILES string of the molecule is O=C(Cn1ccc2ccccc21)N1CCC[C@@H](C(=O)N2CCOCC2)C1. The molecule has 2 amide bonds. The van der Waals surface area contributed by atoms with E-state index in [1.165, 1.54) is 0 Å². The number of ether oxygens (including phenoxy) is 1. The zero-order valence-electron chi connectivity index (χ0n) is 15.0. The first-order valence-electron chi connectivity index (χ1n) is 9.40. The van der Waals surface area contributed by atoms with Crippen LogP contribution in [0.25, 0.3) is 10.9 Å². The van der Waals surface area contributed by atoms with E-state index in [2.05, 4.69) is 0 Å². The summed E-state index contributed by atoms with van der Waals surface area (Å²) in [7, 11) is 0. The van der Waals surface area contributed by atoms with Crippen molar-refractivity contribution in [2.24, 2.45) is 5.92 Å². The second-order valence-electron chi connectivity index (χ2n) is 7.12. The molecule has 4 rings (SSSR count). The fraction of sp³-hybridized carbons (Fsp3) is 0.500. The minimum Gasteiger partial charge on any atom is -0.378 e. The number of hydrogen-bond acceptors (Lipinski definition) is 3. The Morgan fingerprint density at radius 2 is 1.85 bits per heavy atom. The highest BCUT2D eigenvalue weighted by Crippen LogP contribution is 2.21. The third kappa shape index (κ3) is 3.46. The molecule has 0 saturated carbocycles. The van der Waals surface area contributed by atoms with Crippen molar-refractivity contribution in [1.82, 2.24) is 14.4 Å². The van der Waals surface area contributed by atoms with Crippen molar-refractivity contribution in [2.45, 2.75) is 19.4 Å². The van der Waals surface area contributed by atoms with E-state index in [0.717, 1.165) is 30.3 Å². The van der Waals surface area contributed by atoms with Gasteiger partial charge in [0.15, 0.2) is 0 Å². The van der Waals surface area contributed by atoms with Crippen LogP contribution in [0.3, 0.4) is 0 Å². The molecule has 0 aliphatic carbocycles. The van der Waals surface area contributed by atoms with Crippen LogP contribution in [-0.2, 0) is 20.9 Å². The Morgan fingerprint density at radius 1 is 1.04 bits per heavy atom. The monoisotopic (exact) mass is 355 g/mol. The summed E-state index contributed by atoms with van der Waals surface area (Å²) < 4.78 is 7.32. The van der Waals surface area contributed by atoms with E-state index in [1.54, 1.807) is 0 Å². The van der Waals surface area contributed by atoms with Crippen molar-refractivity contribution >= 4 is 22.7 Å². The maximum Gasteiger partial charge on any atom is 0.242 e. The van der Waals surface area contributed by atoms with Crippen LogP contribution in [0.5, 0.6) is 0 Å². The van der Waals surface area contributed by atoms with Gasteiger partial charge in [-0.1, -0.05) is 18.2 Å². The first-order chi connectivity index (χ1) is 12.7. The van der Waals surface area contributed by atoms with Crippen LogP contribution in [0.2, 0.25) is 0 Å². The number of fused-ring (bicyclic) bond motifs is 1. The Bertz CT molecular complexity index is 794. The zero-order chi connectivity index (χ0) is 17.9. The van der Waals surface area contributed by atoms with Gasteiger partial charge in [0.1, 0.15) is 6.54 Å². The third-order valence-electron chi connectivity index (χ3n) is 5.43. The predicted octanol–water partition coefficient (Wildman–Crippen LogP) is 1.74. The number of amides is 2. The molecule has 2 aliphatic rings. The van der Waals surface area contributed by atoms with Crippen molar-refractivity contribution in [3.63, 3.8) is 0 Å². The normalized spacial score (nSPS) is 21.2. The standard InChI is InChI=1S/C20H25N3O3/c24-19(15-22-9-7-16-4-1-2-6-18(16)22)23-8-3-5-17(14-23)20(25)21-10-12-26-13-11-21/h1-2,4,6-7,9,17H,3,5,8,10-15H2/t17-/m1/s1. The van der Waals surface area contributed by atoms with Gasteiger partial charge in [-0.05, 0) is 30.4 Å². The minimum atomic E-state index is -0.0767. The number of likely N-dealkylation sites (tertiary alicyclic amines) is 1. The molecule has 1 atom stereocenters. The van der Waals surface area contributed by atoms with Crippen LogP contribution in [0.15, 0.2) is 36.5 Å². The molecule has 26 heavy (non-hydrogen) atoms. The maximum atomic E-state index is 12.8. The molecule has 0 radical (unpaired) electrons. The van der Waals surface area contributed by atoms with E-state index in [-0.39, 0.29) is 17.7 Å². The molecular weight excluding hydrogens is 330 g/mol. The first kappa shape index (κ1) is 17.1. The van der Waals surface area contributed by atoms with Crippen molar-refractivity contribution in [1.29, 1.82) is 0 Å². The highest BCUT2D eigenvalue weighted by molar-refractivity contribution is 5.84. The summed E-state index contributed by atoms with van der Waals surface area (Å²) in [6.45, 7) is 4.16. The Kier molecular flexibility index (Phi) is 4.93. The molecule has 2 aliphatic heterocycles. The summed E-state index contributed by atoms with van der Waals surface area (Å²) in [4.78, 5) is 29.3. The van der Waals surface area contributed by atoms with Crippen LogP contribution in [0, 0.1) is 5.92 Å².